The van der Waals surface area contributed by atoms with E-state index in [0.29, 0.717) is 29.3 Å². The quantitative estimate of drug-likeness (QED) is 0.135. The molecule has 1 fully saturated rings. The Hall–Kier alpha value is -2.30. The molecular weight excluding hydrogens is 521 g/mol. The van der Waals surface area contributed by atoms with E-state index in [0.717, 1.165) is 0 Å². The van der Waals surface area contributed by atoms with E-state index in [1.807, 2.05) is 13.8 Å². The first-order valence-electron chi connectivity index (χ1n) is 11.0. The number of rotatable bonds is 11. The minimum atomic E-state index is -5.01. The molecule has 0 bridgehead atoms. The minimum Gasteiger partial charge on any atom is -0.393 e. The highest BCUT2D eigenvalue weighted by molar-refractivity contribution is 7.53. The molecule has 6 N–H and O–H groups in total. The first-order valence-corrected chi connectivity index (χ1v) is 13.0. The lowest BCUT2D eigenvalue weighted by Gasteiger charge is -2.32. The summed E-state index contributed by atoms with van der Waals surface area (Å²) in [5.74, 6) is 0.788. The van der Waals surface area contributed by atoms with E-state index in [4.69, 9.17) is 21.1 Å². The van der Waals surface area contributed by atoms with Crippen molar-refractivity contribution in [3.05, 3.63) is 17.3 Å². The molecule has 0 radical (unpaired) electrons. The maximum atomic E-state index is 12.2. The SMILES string of the molecule is CC(C)CNc1nc(Cl)nc2c1cnn2[C@@H]1O[C@H](CO[C@@](CO)(Cc2nn[nH]n2)P(=O)(O)O)C[C@H]1O. The summed E-state index contributed by atoms with van der Waals surface area (Å²) in [4.78, 5) is 28.3. The fraction of sp³-hybridized carbons (Fsp3) is 0.667. The predicted octanol–water partition coefficient (Wildman–Crippen LogP) is -0.165. The standard InChI is InChI=1S/C18H27ClN9O7P/c1-9(2)5-20-14-11-6-21-28(15(11)23-17(19)22-14)16-12(30)3-10(35-16)7-34-18(8-29,36(31,32)33)4-13-24-26-27-25-13/h6,9-10,12,16,29-30H,3-5,7-8H2,1-2H3,(H,20,22,23)(H2,31,32,33)(H,24,25,26,27)/t10-,12+,16+,18-/m0/s1. The van der Waals surface area contributed by atoms with Gasteiger partial charge in [-0.15, -0.1) is 10.2 Å². The van der Waals surface area contributed by atoms with E-state index in [9.17, 15) is 24.6 Å². The molecule has 0 aliphatic carbocycles. The van der Waals surface area contributed by atoms with Crippen molar-refractivity contribution in [1.29, 1.82) is 0 Å². The van der Waals surface area contributed by atoms with E-state index in [-0.39, 0.29) is 24.1 Å². The molecule has 0 saturated carbocycles. The normalized spacial score (nSPS) is 22.4. The van der Waals surface area contributed by atoms with Crippen LogP contribution in [-0.2, 0) is 20.5 Å². The Bertz CT molecular complexity index is 1220. The number of hydrogen-bond donors (Lipinski definition) is 6. The van der Waals surface area contributed by atoms with Crippen molar-refractivity contribution >= 4 is 36.0 Å². The lowest BCUT2D eigenvalue weighted by molar-refractivity contribution is -0.101. The lowest BCUT2D eigenvalue weighted by atomic mass is 10.2. The molecule has 0 unspecified atom stereocenters. The van der Waals surface area contributed by atoms with Crippen molar-refractivity contribution < 1.29 is 34.0 Å². The zero-order valence-corrected chi connectivity index (χ0v) is 21.0. The zero-order chi connectivity index (χ0) is 26.1. The molecule has 0 aromatic carbocycles. The van der Waals surface area contributed by atoms with Crippen LogP contribution >= 0.6 is 19.2 Å². The summed E-state index contributed by atoms with van der Waals surface area (Å²) in [7, 11) is -5.01. The summed E-state index contributed by atoms with van der Waals surface area (Å²) in [5, 5.41) is 39.2. The maximum Gasteiger partial charge on any atom is 0.359 e. The molecule has 4 rings (SSSR count). The van der Waals surface area contributed by atoms with Gasteiger partial charge in [-0.1, -0.05) is 19.1 Å². The molecule has 16 nitrogen and oxygen atoms in total. The number of aromatic nitrogens is 8. The third-order valence-corrected chi connectivity index (χ3v) is 7.31. The topological polar surface area (TPSA) is 227 Å². The average Bonchev–Trinajstić information content (AvgIpc) is 3.54. The molecule has 36 heavy (non-hydrogen) atoms. The van der Waals surface area contributed by atoms with Gasteiger partial charge in [0.1, 0.15) is 11.9 Å². The molecule has 3 aromatic heterocycles. The Balaban J connectivity index is 1.52. The molecule has 1 aliphatic rings. The molecule has 4 atom stereocenters. The van der Waals surface area contributed by atoms with Gasteiger partial charge in [0, 0.05) is 13.0 Å². The summed E-state index contributed by atoms with van der Waals surface area (Å²) in [5.41, 5.74) is 0.337. The number of aromatic amines is 1. The molecule has 0 amide bonds. The fourth-order valence-corrected chi connectivity index (χ4v) is 4.70. The number of aliphatic hydroxyl groups excluding tert-OH is 2. The number of hydrogen-bond acceptors (Lipinski definition) is 12. The monoisotopic (exact) mass is 547 g/mol. The third kappa shape index (κ3) is 5.50. The van der Waals surface area contributed by atoms with Gasteiger partial charge in [0.2, 0.25) is 5.28 Å². The predicted molar refractivity (Wildman–Crippen MR) is 124 cm³/mol. The number of halogens is 1. The lowest BCUT2D eigenvalue weighted by Crippen LogP contribution is -2.41. The van der Waals surface area contributed by atoms with Crippen molar-refractivity contribution in [3.8, 4) is 0 Å². The maximum absolute atomic E-state index is 12.2. The van der Waals surface area contributed by atoms with E-state index in [1.165, 1.54) is 10.9 Å². The molecule has 1 aliphatic heterocycles. The molecule has 1 saturated heterocycles. The first-order chi connectivity index (χ1) is 17.0. The largest absolute Gasteiger partial charge is 0.393 e. The van der Waals surface area contributed by atoms with Gasteiger partial charge in [0.25, 0.3) is 0 Å². The Morgan fingerprint density at radius 3 is 2.83 bits per heavy atom. The first kappa shape index (κ1) is 26.8. The number of H-pyrrole nitrogens is 1. The number of ether oxygens (including phenoxy) is 2. The zero-order valence-electron chi connectivity index (χ0n) is 19.4. The van der Waals surface area contributed by atoms with E-state index >= 15 is 0 Å². The van der Waals surface area contributed by atoms with Crippen LogP contribution in [0.2, 0.25) is 5.28 Å². The highest BCUT2D eigenvalue weighted by Crippen LogP contribution is 2.52. The number of fused-ring (bicyclic) bond motifs is 1. The summed E-state index contributed by atoms with van der Waals surface area (Å²) >= 11 is 6.12. The van der Waals surface area contributed by atoms with E-state index < -0.39 is 44.4 Å². The minimum absolute atomic E-state index is 0.0151. The number of nitrogens with zero attached hydrogens (tertiary/aromatic N) is 7. The highest BCUT2D eigenvalue weighted by atomic mass is 35.5. The number of aliphatic hydroxyl groups is 2. The van der Waals surface area contributed by atoms with Crippen molar-refractivity contribution in [2.75, 3.05) is 25.1 Å². The Morgan fingerprint density at radius 2 is 2.19 bits per heavy atom. The fourth-order valence-electron chi connectivity index (χ4n) is 3.76. The van der Waals surface area contributed by atoms with Crippen molar-refractivity contribution in [2.24, 2.45) is 5.92 Å². The van der Waals surface area contributed by atoms with Crippen molar-refractivity contribution in [3.63, 3.8) is 0 Å². The molecule has 0 spiro atoms. The summed E-state index contributed by atoms with van der Waals surface area (Å²) in [6.45, 7) is 3.36. The van der Waals surface area contributed by atoms with Gasteiger partial charge < -0.3 is 34.8 Å². The van der Waals surface area contributed by atoms with Crippen LogP contribution in [-0.4, -0.2) is 97.7 Å². The van der Waals surface area contributed by atoms with Crippen LogP contribution in [0, 0.1) is 5.92 Å². The smallest absolute Gasteiger partial charge is 0.359 e. The molecule has 198 valence electrons. The average molecular weight is 548 g/mol. The summed E-state index contributed by atoms with van der Waals surface area (Å²) in [6.07, 6.45) is -1.72. The van der Waals surface area contributed by atoms with Crippen molar-refractivity contribution in [1.82, 2.24) is 40.4 Å². The van der Waals surface area contributed by atoms with Crippen LogP contribution in [0.25, 0.3) is 11.0 Å². The van der Waals surface area contributed by atoms with Crippen LogP contribution in [0.4, 0.5) is 5.82 Å². The third-order valence-electron chi connectivity index (χ3n) is 5.65. The van der Waals surface area contributed by atoms with Crippen LogP contribution in [0.5, 0.6) is 0 Å². The van der Waals surface area contributed by atoms with Gasteiger partial charge in [0.05, 0.1) is 37.3 Å². The second kappa shape index (κ2) is 10.6. The van der Waals surface area contributed by atoms with E-state index in [1.54, 1.807) is 0 Å². The van der Waals surface area contributed by atoms with Gasteiger partial charge in [-0.25, -0.2) is 4.68 Å². The van der Waals surface area contributed by atoms with Gasteiger partial charge in [-0.2, -0.15) is 20.3 Å². The van der Waals surface area contributed by atoms with Crippen LogP contribution < -0.4 is 5.32 Å². The second-order valence-corrected chi connectivity index (χ2v) is 11.1. The highest BCUT2D eigenvalue weighted by Gasteiger charge is 2.50. The summed E-state index contributed by atoms with van der Waals surface area (Å²) in [6, 6.07) is 0. The number of nitrogens with one attached hydrogen (secondary N) is 2. The number of anilines is 1. The van der Waals surface area contributed by atoms with Crippen LogP contribution in [0.15, 0.2) is 6.20 Å². The summed E-state index contributed by atoms with van der Waals surface area (Å²) < 4.78 is 25.0. The second-order valence-electron chi connectivity index (χ2n) is 8.86. The Kier molecular flexibility index (Phi) is 7.87. The van der Waals surface area contributed by atoms with Crippen LogP contribution in [0.3, 0.4) is 0 Å². The number of tetrazole rings is 1. The van der Waals surface area contributed by atoms with E-state index in [2.05, 4.69) is 41.0 Å². The van der Waals surface area contributed by atoms with Crippen LogP contribution in [0.1, 0.15) is 32.3 Å². The molecule has 18 heteroatoms. The van der Waals surface area contributed by atoms with Gasteiger partial charge in [-0.05, 0) is 17.5 Å². The Labute approximate surface area is 209 Å². The van der Waals surface area contributed by atoms with Gasteiger partial charge in [0.15, 0.2) is 23.0 Å². The molecule has 4 heterocycles. The van der Waals surface area contributed by atoms with Gasteiger partial charge in [-0.3, -0.25) is 4.57 Å². The molecular formula is C18H27ClN9O7P. The van der Waals surface area contributed by atoms with Crippen molar-refractivity contribution in [2.45, 2.75) is 50.5 Å². The molecule has 3 aromatic rings. The van der Waals surface area contributed by atoms with Gasteiger partial charge >= 0.3 is 7.60 Å². The Morgan fingerprint density at radius 1 is 1.42 bits per heavy atom.